The Morgan fingerprint density at radius 2 is 1.48 bits per heavy atom. The van der Waals surface area contributed by atoms with Crippen molar-refractivity contribution in [1.29, 1.82) is 0 Å². The third kappa shape index (κ3) is 5.19. The molecule has 3 rings (SSSR count). The normalized spacial score (nSPS) is 10.4. The van der Waals surface area contributed by atoms with Crippen LogP contribution in [0.2, 0.25) is 0 Å². The van der Waals surface area contributed by atoms with Crippen LogP contribution in [-0.4, -0.2) is 13.0 Å². The minimum absolute atomic E-state index is 0.160. The van der Waals surface area contributed by atoms with E-state index in [2.05, 4.69) is 5.32 Å². The number of methoxy groups -OCH3 is 1. The molecule has 0 aliphatic rings. The van der Waals surface area contributed by atoms with E-state index in [4.69, 9.17) is 9.47 Å². The van der Waals surface area contributed by atoms with Crippen molar-refractivity contribution in [2.24, 2.45) is 0 Å². The Bertz CT molecular complexity index is 878. The molecule has 1 amide bonds. The molecule has 4 heteroatoms. The Balaban J connectivity index is 1.59. The first-order chi connectivity index (χ1) is 13.3. The van der Waals surface area contributed by atoms with E-state index < -0.39 is 0 Å². The SMILES string of the molecule is COc1ccccc1C(=O)NCc1ccccc1COCc1ccccc1. The van der Waals surface area contributed by atoms with Gasteiger partial charge in [-0.25, -0.2) is 0 Å². The maximum atomic E-state index is 12.5. The Morgan fingerprint density at radius 1 is 0.815 bits per heavy atom. The summed E-state index contributed by atoms with van der Waals surface area (Å²) in [6.45, 7) is 1.49. The van der Waals surface area contributed by atoms with Crippen LogP contribution >= 0.6 is 0 Å². The fourth-order valence-electron chi connectivity index (χ4n) is 2.83. The minimum atomic E-state index is -0.160. The van der Waals surface area contributed by atoms with E-state index in [0.29, 0.717) is 31.1 Å². The van der Waals surface area contributed by atoms with Gasteiger partial charge in [0.25, 0.3) is 5.91 Å². The third-order valence-corrected chi connectivity index (χ3v) is 4.28. The molecule has 0 heterocycles. The Hall–Kier alpha value is -3.11. The molecule has 3 aromatic carbocycles. The number of ether oxygens (including phenoxy) is 2. The fraction of sp³-hybridized carbons (Fsp3) is 0.174. The highest BCUT2D eigenvalue weighted by molar-refractivity contribution is 5.96. The average molecular weight is 361 g/mol. The van der Waals surface area contributed by atoms with Crippen LogP contribution in [0.1, 0.15) is 27.0 Å². The Labute approximate surface area is 159 Å². The monoisotopic (exact) mass is 361 g/mol. The fourth-order valence-corrected chi connectivity index (χ4v) is 2.83. The van der Waals surface area contributed by atoms with Gasteiger partial charge in [0, 0.05) is 6.54 Å². The molecule has 4 nitrogen and oxygen atoms in total. The highest BCUT2D eigenvalue weighted by Crippen LogP contribution is 2.17. The molecular weight excluding hydrogens is 338 g/mol. The third-order valence-electron chi connectivity index (χ3n) is 4.28. The van der Waals surface area contributed by atoms with Crippen LogP contribution in [0.25, 0.3) is 0 Å². The van der Waals surface area contributed by atoms with Gasteiger partial charge in [0.05, 0.1) is 25.9 Å². The first kappa shape index (κ1) is 18.7. The lowest BCUT2D eigenvalue weighted by Crippen LogP contribution is -2.24. The first-order valence-electron chi connectivity index (χ1n) is 8.87. The maximum absolute atomic E-state index is 12.5. The molecule has 1 N–H and O–H groups in total. The van der Waals surface area contributed by atoms with E-state index in [1.165, 1.54) is 0 Å². The molecule has 0 spiro atoms. The molecule has 3 aromatic rings. The van der Waals surface area contributed by atoms with Crippen molar-refractivity contribution >= 4 is 5.91 Å². The minimum Gasteiger partial charge on any atom is -0.496 e. The van der Waals surface area contributed by atoms with Crippen molar-refractivity contribution in [3.63, 3.8) is 0 Å². The summed E-state index contributed by atoms with van der Waals surface area (Å²) in [7, 11) is 1.56. The van der Waals surface area contributed by atoms with Crippen LogP contribution < -0.4 is 10.1 Å². The molecule has 0 saturated heterocycles. The van der Waals surface area contributed by atoms with E-state index in [1.54, 1.807) is 19.2 Å². The maximum Gasteiger partial charge on any atom is 0.255 e. The highest BCUT2D eigenvalue weighted by atomic mass is 16.5. The number of hydrogen-bond donors (Lipinski definition) is 1. The van der Waals surface area contributed by atoms with E-state index in [-0.39, 0.29) is 5.91 Å². The second kappa shape index (κ2) is 9.55. The molecule has 0 bridgehead atoms. The summed E-state index contributed by atoms with van der Waals surface area (Å²) in [6.07, 6.45) is 0. The number of nitrogens with one attached hydrogen (secondary N) is 1. The van der Waals surface area contributed by atoms with Crippen LogP contribution in [0.5, 0.6) is 5.75 Å². The molecule has 0 aliphatic carbocycles. The molecule has 0 aromatic heterocycles. The van der Waals surface area contributed by atoms with Gasteiger partial charge >= 0.3 is 0 Å². The summed E-state index contributed by atoms with van der Waals surface area (Å²) < 4.78 is 11.1. The summed E-state index contributed by atoms with van der Waals surface area (Å²) in [6, 6.07) is 25.2. The smallest absolute Gasteiger partial charge is 0.255 e. The van der Waals surface area contributed by atoms with Crippen LogP contribution in [-0.2, 0) is 24.5 Å². The van der Waals surface area contributed by atoms with Crippen molar-refractivity contribution in [2.45, 2.75) is 19.8 Å². The number of carbonyl (C=O) groups is 1. The number of para-hydroxylation sites is 1. The number of carbonyl (C=O) groups excluding carboxylic acids is 1. The lowest BCUT2D eigenvalue weighted by Gasteiger charge is -2.12. The predicted molar refractivity (Wildman–Crippen MR) is 106 cm³/mol. The zero-order valence-electron chi connectivity index (χ0n) is 15.4. The van der Waals surface area contributed by atoms with Crippen molar-refractivity contribution in [3.05, 3.63) is 101 Å². The summed E-state index contributed by atoms with van der Waals surface area (Å²) in [4.78, 5) is 12.5. The summed E-state index contributed by atoms with van der Waals surface area (Å²) in [5.74, 6) is 0.405. The topological polar surface area (TPSA) is 47.6 Å². The summed E-state index contributed by atoms with van der Waals surface area (Å²) in [5, 5.41) is 2.96. The first-order valence-corrected chi connectivity index (χ1v) is 8.87. The molecule has 0 unspecified atom stereocenters. The Kier molecular flexibility index (Phi) is 6.61. The number of amides is 1. The van der Waals surface area contributed by atoms with Gasteiger partial charge in [-0.3, -0.25) is 4.79 Å². The zero-order valence-corrected chi connectivity index (χ0v) is 15.4. The quantitative estimate of drug-likeness (QED) is 0.649. The lowest BCUT2D eigenvalue weighted by atomic mass is 10.1. The van der Waals surface area contributed by atoms with E-state index in [9.17, 15) is 4.79 Å². The number of hydrogen-bond acceptors (Lipinski definition) is 3. The number of rotatable bonds is 8. The van der Waals surface area contributed by atoms with E-state index in [1.807, 2.05) is 66.7 Å². The molecular formula is C23H23NO3. The second-order valence-electron chi connectivity index (χ2n) is 6.13. The highest BCUT2D eigenvalue weighted by Gasteiger charge is 2.11. The van der Waals surface area contributed by atoms with Crippen LogP contribution in [0, 0.1) is 0 Å². The largest absolute Gasteiger partial charge is 0.496 e. The number of benzene rings is 3. The van der Waals surface area contributed by atoms with Crippen molar-refractivity contribution in [1.82, 2.24) is 5.32 Å². The molecule has 0 fully saturated rings. The molecule has 138 valence electrons. The summed E-state index contributed by atoms with van der Waals surface area (Å²) >= 11 is 0. The standard InChI is InChI=1S/C23H23NO3/c1-26-22-14-8-7-13-21(22)23(25)24-15-19-11-5-6-12-20(19)17-27-16-18-9-3-2-4-10-18/h2-14H,15-17H2,1H3,(H,24,25). The van der Waals surface area contributed by atoms with Crippen LogP contribution in [0.15, 0.2) is 78.9 Å². The van der Waals surface area contributed by atoms with Gasteiger partial charge in [-0.1, -0.05) is 66.7 Å². The van der Waals surface area contributed by atoms with Crippen LogP contribution in [0.4, 0.5) is 0 Å². The van der Waals surface area contributed by atoms with Gasteiger partial charge in [0.2, 0.25) is 0 Å². The molecule has 0 atom stereocenters. The molecule has 0 aliphatic heterocycles. The summed E-state index contributed by atoms with van der Waals surface area (Å²) in [5.41, 5.74) is 3.76. The van der Waals surface area contributed by atoms with Gasteiger partial charge < -0.3 is 14.8 Å². The predicted octanol–water partition coefficient (Wildman–Crippen LogP) is 4.34. The van der Waals surface area contributed by atoms with Crippen molar-refractivity contribution in [3.8, 4) is 5.75 Å². The molecule has 27 heavy (non-hydrogen) atoms. The van der Waals surface area contributed by atoms with Gasteiger partial charge in [0.1, 0.15) is 5.75 Å². The van der Waals surface area contributed by atoms with E-state index >= 15 is 0 Å². The Morgan fingerprint density at radius 3 is 2.26 bits per heavy atom. The molecule has 0 radical (unpaired) electrons. The lowest BCUT2D eigenvalue weighted by molar-refractivity contribution is 0.0944. The van der Waals surface area contributed by atoms with Crippen molar-refractivity contribution < 1.29 is 14.3 Å². The van der Waals surface area contributed by atoms with Crippen molar-refractivity contribution in [2.75, 3.05) is 7.11 Å². The van der Waals surface area contributed by atoms with Crippen LogP contribution in [0.3, 0.4) is 0 Å². The second-order valence-corrected chi connectivity index (χ2v) is 6.13. The van der Waals surface area contributed by atoms with Gasteiger partial charge in [-0.2, -0.15) is 0 Å². The van der Waals surface area contributed by atoms with E-state index in [0.717, 1.165) is 16.7 Å². The molecule has 0 saturated carbocycles. The average Bonchev–Trinajstić information content (AvgIpc) is 2.73. The van der Waals surface area contributed by atoms with Gasteiger partial charge in [-0.15, -0.1) is 0 Å². The zero-order chi connectivity index (χ0) is 18.9. The van der Waals surface area contributed by atoms with Gasteiger partial charge in [-0.05, 0) is 28.8 Å². The van der Waals surface area contributed by atoms with Gasteiger partial charge in [0.15, 0.2) is 0 Å².